The highest BCUT2D eigenvalue weighted by Gasteiger charge is 2.38. The van der Waals surface area contributed by atoms with Crippen LogP contribution in [-0.4, -0.2) is 65.0 Å². The van der Waals surface area contributed by atoms with Crippen molar-refractivity contribution in [3.63, 3.8) is 0 Å². The molecule has 4 rings (SSSR count). The molecule has 31 heavy (non-hydrogen) atoms. The fourth-order valence-corrected chi connectivity index (χ4v) is 4.77. The molecule has 0 radical (unpaired) electrons. The van der Waals surface area contributed by atoms with Gasteiger partial charge < -0.3 is 19.9 Å². The van der Waals surface area contributed by atoms with E-state index >= 15 is 0 Å². The normalized spacial score (nSPS) is 27.2. The van der Waals surface area contributed by atoms with Crippen LogP contribution in [-0.2, 0) is 20.8 Å². The van der Waals surface area contributed by atoms with Gasteiger partial charge in [-0.05, 0) is 30.5 Å². The van der Waals surface area contributed by atoms with Gasteiger partial charge in [-0.25, -0.2) is 13.8 Å². The van der Waals surface area contributed by atoms with Gasteiger partial charge in [0.2, 0.25) is 5.91 Å². The topological polar surface area (TPSA) is 83.9 Å². The van der Waals surface area contributed by atoms with Gasteiger partial charge in [0.1, 0.15) is 11.6 Å². The monoisotopic (exact) mass is 453 g/mol. The van der Waals surface area contributed by atoms with E-state index in [1.54, 1.807) is 11.6 Å². The van der Waals surface area contributed by atoms with E-state index in [1.165, 1.54) is 23.5 Å². The van der Waals surface area contributed by atoms with E-state index in [0.29, 0.717) is 30.1 Å². The number of halogens is 2. The molecule has 4 atom stereocenters. The fourth-order valence-electron chi connectivity index (χ4n) is 4.23. The van der Waals surface area contributed by atoms with E-state index in [9.17, 15) is 18.7 Å². The molecule has 0 saturated carbocycles. The molecule has 2 saturated heterocycles. The number of benzene rings is 1. The number of β-amino-alcohol motifs (C(OH)–C–C–N with tert-alkyl or cyclic N) is 1. The zero-order valence-electron chi connectivity index (χ0n) is 16.9. The van der Waals surface area contributed by atoms with E-state index in [1.807, 2.05) is 4.90 Å². The van der Waals surface area contributed by atoms with Crippen LogP contribution in [0.15, 0.2) is 29.8 Å². The molecule has 2 aliphatic rings. The minimum atomic E-state index is -0.707. The molecule has 7 nitrogen and oxygen atoms in total. The second kappa shape index (κ2) is 10.1. The number of carbonyl (C=O) groups is 1. The zero-order valence-corrected chi connectivity index (χ0v) is 17.7. The lowest BCUT2D eigenvalue weighted by Crippen LogP contribution is -2.55. The van der Waals surface area contributed by atoms with Gasteiger partial charge in [0.05, 0.1) is 37.9 Å². The second-order valence-electron chi connectivity index (χ2n) is 7.93. The molecular weight excluding hydrogens is 428 g/mol. The number of carbonyl (C=O) groups excluding carboxylic acids is 1. The summed E-state index contributed by atoms with van der Waals surface area (Å²) >= 11 is 1.35. The van der Waals surface area contributed by atoms with Crippen LogP contribution >= 0.6 is 11.3 Å². The lowest BCUT2D eigenvalue weighted by Gasteiger charge is -2.44. The third kappa shape index (κ3) is 6.05. The van der Waals surface area contributed by atoms with Crippen LogP contribution in [0.5, 0.6) is 0 Å². The van der Waals surface area contributed by atoms with E-state index in [0.717, 1.165) is 6.07 Å². The summed E-state index contributed by atoms with van der Waals surface area (Å²) in [6.07, 6.45) is 1.92. The molecule has 2 aliphatic heterocycles. The first-order valence-corrected chi connectivity index (χ1v) is 11.1. The predicted molar refractivity (Wildman–Crippen MR) is 111 cm³/mol. The first-order valence-electron chi connectivity index (χ1n) is 10.3. The Morgan fingerprint density at radius 2 is 2.06 bits per heavy atom. The SMILES string of the molecule is O=C(C[C@@H]1CC[C@H]2[C@@H](COC[C@H](O)CN2Cc2cc(F)cc(F)c2)O1)Nc1nccs1. The molecule has 168 valence electrons. The number of amides is 1. The highest BCUT2D eigenvalue weighted by Crippen LogP contribution is 2.29. The van der Waals surface area contributed by atoms with Crippen molar-refractivity contribution in [2.24, 2.45) is 0 Å². The number of hydrogen-bond acceptors (Lipinski definition) is 7. The third-order valence-corrected chi connectivity index (χ3v) is 6.18. The van der Waals surface area contributed by atoms with E-state index in [4.69, 9.17) is 9.47 Å². The molecule has 2 aromatic rings. The fraction of sp³-hybridized carbons (Fsp3) is 0.524. The van der Waals surface area contributed by atoms with Crippen molar-refractivity contribution in [3.8, 4) is 0 Å². The van der Waals surface area contributed by atoms with Gasteiger partial charge in [-0.15, -0.1) is 11.3 Å². The Bertz CT molecular complexity index is 865. The molecule has 1 amide bonds. The van der Waals surface area contributed by atoms with Gasteiger partial charge >= 0.3 is 0 Å². The van der Waals surface area contributed by atoms with Crippen molar-refractivity contribution in [1.82, 2.24) is 9.88 Å². The van der Waals surface area contributed by atoms with E-state index in [-0.39, 0.29) is 50.3 Å². The van der Waals surface area contributed by atoms with Gasteiger partial charge in [-0.2, -0.15) is 0 Å². The third-order valence-electron chi connectivity index (χ3n) is 5.49. The van der Waals surface area contributed by atoms with E-state index in [2.05, 4.69) is 10.3 Å². The van der Waals surface area contributed by atoms with Gasteiger partial charge in [0.25, 0.3) is 0 Å². The highest BCUT2D eigenvalue weighted by molar-refractivity contribution is 7.13. The number of rotatable bonds is 5. The van der Waals surface area contributed by atoms with Crippen LogP contribution in [0.2, 0.25) is 0 Å². The Kier molecular flexibility index (Phi) is 7.24. The largest absolute Gasteiger partial charge is 0.389 e. The van der Waals surface area contributed by atoms with Crippen LogP contribution in [0.4, 0.5) is 13.9 Å². The summed E-state index contributed by atoms with van der Waals surface area (Å²) in [5.74, 6) is -1.42. The molecule has 1 aromatic carbocycles. The predicted octanol–water partition coefficient (Wildman–Crippen LogP) is 2.56. The summed E-state index contributed by atoms with van der Waals surface area (Å²) in [6, 6.07) is 3.34. The average Bonchev–Trinajstić information content (AvgIpc) is 3.18. The molecule has 2 N–H and O–H groups in total. The summed E-state index contributed by atoms with van der Waals surface area (Å²) in [5, 5.41) is 15.3. The maximum Gasteiger partial charge on any atom is 0.228 e. The van der Waals surface area contributed by atoms with Crippen molar-refractivity contribution in [2.45, 2.75) is 50.2 Å². The number of anilines is 1. The smallest absolute Gasteiger partial charge is 0.228 e. The highest BCUT2D eigenvalue weighted by atomic mass is 32.1. The van der Waals surface area contributed by atoms with Crippen molar-refractivity contribution in [2.75, 3.05) is 25.1 Å². The average molecular weight is 454 g/mol. The lowest BCUT2D eigenvalue weighted by molar-refractivity contribution is -0.156. The van der Waals surface area contributed by atoms with Crippen molar-refractivity contribution >= 4 is 22.4 Å². The zero-order chi connectivity index (χ0) is 21.8. The Hall–Kier alpha value is -1.98. The van der Waals surface area contributed by atoms with Crippen molar-refractivity contribution < 1.29 is 28.2 Å². The number of thiazole rings is 1. The van der Waals surface area contributed by atoms with Crippen LogP contribution in [0, 0.1) is 11.6 Å². The Morgan fingerprint density at radius 3 is 2.81 bits per heavy atom. The summed E-state index contributed by atoms with van der Waals surface area (Å²) in [6.45, 7) is 1.01. The standard InChI is InChI=1S/C21H25F2N3O4S/c22-14-5-13(6-15(23)7-14)9-26-10-16(27)11-29-12-19-18(26)2-1-17(30-19)8-20(28)25-21-24-3-4-31-21/h3-7,16-19,27H,1-2,8-12H2,(H,24,25,28)/t16-,17+,18+,19-/m1/s1. The Morgan fingerprint density at radius 1 is 1.26 bits per heavy atom. The maximum absolute atomic E-state index is 13.7. The number of aliphatic hydroxyl groups excluding tert-OH is 1. The summed E-state index contributed by atoms with van der Waals surface area (Å²) in [4.78, 5) is 18.4. The van der Waals surface area contributed by atoms with Crippen molar-refractivity contribution in [3.05, 3.63) is 47.0 Å². The first-order chi connectivity index (χ1) is 15.0. The van der Waals surface area contributed by atoms with Crippen LogP contribution in [0.1, 0.15) is 24.8 Å². The summed E-state index contributed by atoms with van der Waals surface area (Å²) < 4.78 is 39.1. The van der Waals surface area contributed by atoms with E-state index < -0.39 is 17.7 Å². The summed E-state index contributed by atoms with van der Waals surface area (Å²) in [5.41, 5.74) is 0.495. The van der Waals surface area contributed by atoms with Crippen LogP contribution < -0.4 is 5.32 Å². The van der Waals surface area contributed by atoms with Gasteiger partial charge in [0, 0.05) is 36.8 Å². The number of nitrogens with zero attached hydrogens (tertiary/aromatic N) is 2. The van der Waals surface area contributed by atoms with Gasteiger partial charge in [0.15, 0.2) is 5.13 Å². The van der Waals surface area contributed by atoms with Gasteiger partial charge in [-0.1, -0.05) is 0 Å². The molecule has 10 heteroatoms. The number of aromatic nitrogens is 1. The molecule has 1 aromatic heterocycles. The molecule has 2 fully saturated rings. The first kappa shape index (κ1) is 22.2. The van der Waals surface area contributed by atoms with Crippen LogP contribution in [0.3, 0.4) is 0 Å². The molecule has 0 spiro atoms. The Balaban J connectivity index is 1.42. The minimum absolute atomic E-state index is 0.0976. The molecule has 3 heterocycles. The number of fused-ring (bicyclic) bond motifs is 1. The quantitative estimate of drug-likeness (QED) is 0.724. The molecular formula is C21H25F2N3O4S. The number of nitrogens with one attached hydrogen (secondary N) is 1. The number of aliphatic hydroxyl groups is 1. The molecule has 0 bridgehead atoms. The molecule has 0 aliphatic carbocycles. The minimum Gasteiger partial charge on any atom is -0.389 e. The second-order valence-corrected chi connectivity index (χ2v) is 8.82. The maximum atomic E-state index is 13.7. The summed E-state index contributed by atoms with van der Waals surface area (Å²) in [7, 11) is 0. The lowest BCUT2D eigenvalue weighted by atomic mass is 9.94. The molecule has 0 unspecified atom stereocenters. The number of ether oxygens (including phenoxy) is 2. The van der Waals surface area contributed by atoms with Gasteiger partial charge in [-0.3, -0.25) is 9.69 Å². The number of hydrogen-bond donors (Lipinski definition) is 2. The van der Waals surface area contributed by atoms with Crippen LogP contribution in [0.25, 0.3) is 0 Å². The Labute approximate surface area is 183 Å². The van der Waals surface area contributed by atoms with Crippen molar-refractivity contribution in [1.29, 1.82) is 0 Å².